The van der Waals surface area contributed by atoms with Gasteiger partial charge in [-0.1, -0.05) is 0 Å². The van der Waals surface area contributed by atoms with E-state index in [0.29, 0.717) is 17.6 Å². The van der Waals surface area contributed by atoms with E-state index >= 15 is 0 Å². The summed E-state index contributed by atoms with van der Waals surface area (Å²) in [6.07, 6.45) is 3.41. The van der Waals surface area contributed by atoms with Crippen LogP contribution in [-0.4, -0.2) is 29.4 Å². The molecule has 0 aliphatic heterocycles. The number of aldehydes is 1. The van der Waals surface area contributed by atoms with Gasteiger partial charge >= 0.3 is 5.97 Å². The molecule has 0 bridgehead atoms. The third kappa shape index (κ3) is 4.38. The highest BCUT2D eigenvalue weighted by molar-refractivity contribution is 5.90. The molecular formula is C17H14N2O4. The fourth-order valence-corrected chi connectivity index (χ4v) is 1.69. The molecule has 0 aliphatic rings. The zero-order chi connectivity index (χ0) is 16.7. The number of hydrogen-bond acceptors (Lipinski definition) is 6. The fourth-order valence-electron chi connectivity index (χ4n) is 1.69. The zero-order valence-electron chi connectivity index (χ0n) is 12.4. The average Bonchev–Trinajstić information content (AvgIpc) is 2.61. The number of pyridine rings is 1. The fraction of sp³-hybridized carbons (Fsp3) is 0.176. The van der Waals surface area contributed by atoms with Gasteiger partial charge in [-0.15, -0.1) is 0 Å². The number of esters is 1. The lowest BCUT2D eigenvalue weighted by molar-refractivity contribution is -0.126. The molecule has 6 heteroatoms. The minimum absolute atomic E-state index is 0.144. The van der Waals surface area contributed by atoms with Crippen LogP contribution in [0, 0.1) is 11.3 Å². The van der Waals surface area contributed by atoms with Crippen molar-refractivity contribution >= 4 is 12.3 Å². The van der Waals surface area contributed by atoms with Crippen LogP contribution in [0.3, 0.4) is 0 Å². The summed E-state index contributed by atoms with van der Waals surface area (Å²) in [7, 11) is 0. The molecule has 0 amide bonds. The van der Waals surface area contributed by atoms with Crippen molar-refractivity contribution in [2.75, 3.05) is 6.61 Å². The molecular weight excluding hydrogens is 296 g/mol. The van der Waals surface area contributed by atoms with E-state index in [1.165, 1.54) is 19.3 Å². The summed E-state index contributed by atoms with van der Waals surface area (Å²) in [5, 5.41) is 8.73. The molecule has 0 aliphatic carbocycles. The second-order valence-corrected chi connectivity index (χ2v) is 4.99. The molecule has 116 valence electrons. The SMILES string of the molecule is CC(C=O)(COc1ccc(C#N)cc1)OC(=O)c1cccnc1. The first-order valence-corrected chi connectivity index (χ1v) is 6.79. The summed E-state index contributed by atoms with van der Waals surface area (Å²) < 4.78 is 10.7. The summed E-state index contributed by atoms with van der Waals surface area (Å²) in [4.78, 5) is 27.1. The van der Waals surface area contributed by atoms with Crippen LogP contribution in [0.25, 0.3) is 0 Å². The van der Waals surface area contributed by atoms with Crippen LogP contribution in [0.15, 0.2) is 48.8 Å². The van der Waals surface area contributed by atoms with Gasteiger partial charge in [0.15, 0.2) is 11.9 Å². The quantitative estimate of drug-likeness (QED) is 0.600. The molecule has 0 N–H and O–H groups in total. The van der Waals surface area contributed by atoms with Crippen molar-refractivity contribution in [3.8, 4) is 11.8 Å². The predicted octanol–water partition coefficient (Wildman–Crippen LogP) is 2.15. The number of nitrogens with zero attached hydrogens (tertiary/aromatic N) is 2. The van der Waals surface area contributed by atoms with Crippen molar-refractivity contribution < 1.29 is 19.1 Å². The number of carbonyl (C=O) groups excluding carboxylic acids is 2. The summed E-state index contributed by atoms with van der Waals surface area (Å²) >= 11 is 0. The van der Waals surface area contributed by atoms with Crippen molar-refractivity contribution in [2.45, 2.75) is 12.5 Å². The number of nitriles is 1. The molecule has 0 radical (unpaired) electrons. The van der Waals surface area contributed by atoms with Crippen LogP contribution in [0.1, 0.15) is 22.8 Å². The molecule has 1 atom stereocenters. The lowest BCUT2D eigenvalue weighted by Gasteiger charge is -2.23. The van der Waals surface area contributed by atoms with Gasteiger partial charge in [-0.3, -0.25) is 9.78 Å². The van der Waals surface area contributed by atoms with Gasteiger partial charge in [0.2, 0.25) is 0 Å². The van der Waals surface area contributed by atoms with Crippen LogP contribution < -0.4 is 4.74 Å². The third-order valence-corrected chi connectivity index (χ3v) is 2.98. The highest BCUT2D eigenvalue weighted by Crippen LogP contribution is 2.16. The van der Waals surface area contributed by atoms with Crippen molar-refractivity contribution in [1.82, 2.24) is 4.98 Å². The van der Waals surface area contributed by atoms with Gasteiger partial charge in [-0.05, 0) is 43.3 Å². The second kappa shape index (κ2) is 7.18. The largest absolute Gasteiger partial charge is 0.489 e. The zero-order valence-corrected chi connectivity index (χ0v) is 12.4. The van der Waals surface area contributed by atoms with Gasteiger partial charge < -0.3 is 9.47 Å². The van der Waals surface area contributed by atoms with E-state index in [9.17, 15) is 9.59 Å². The molecule has 0 spiro atoms. The van der Waals surface area contributed by atoms with Crippen LogP contribution in [0.2, 0.25) is 0 Å². The first-order chi connectivity index (χ1) is 11.1. The Balaban J connectivity index is 2.01. The summed E-state index contributed by atoms with van der Waals surface area (Å²) in [6, 6.07) is 11.5. The minimum Gasteiger partial charge on any atom is -0.489 e. The van der Waals surface area contributed by atoms with E-state index in [2.05, 4.69) is 4.98 Å². The molecule has 1 heterocycles. The standard InChI is InChI=1S/C17H14N2O4/c1-17(11-20,23-16(21)14-3-2-8-19-10-14)12-22-15-6-4-13(9-18)5-7-15/h2-8,10-11H,12H2,1H3. The minimum atomic E-state index is -1.43. The summed E-state index contributed by atoms with van der Waals surface area (Å²) in [5.41, 5.74) is -0.682. The smallest absolute Gasteiger partial charge is 0.340 e. The Bertz CT molecular complexity index is 723. The Morgan fingerprint density at radius 3 is 2.65 bits per heavy atom. The van der Waals surface area contributed by atoms with E-state index in [4.69, 9.17) is 14.7 Å². The van der Waals surface area contributed by atoms with Crippen LogP contribution >= 0.6 is 0 Å². The number of rotatable bonds is 6. The lowest BCUT2D eigenvalue weighted by Crippen LogP contribution is -2.39. The number of aromatic nitrogens is 1. The maximum Gasteiger partial charge on any atom is 0.340 e. The van der Waals surface area contributed by atoms with Gasteiger partial charge in [0.05, 0.1) is 17.2 Å². The third-order valence-electron chi connectivity index (χ3n) is 2.98. The van der Waals surface area contributed by atoms with Crippen LogP contribution in [-0.2, 0) is 9.53 Å². The molecule has 2 aromatic rings. The predicted molar refractivity (Wildman–Crippen MR) is 80.8 cm³/mol. The molecule has 23 heavy (non-hydrogen) atoms. The lowest BCUT2D eigenvalue weighted by atomic mass is 10.1. The molecule has 1 aromatic carbocycles. The van der Waals surface area contributed by atoms with Crippen molar-refractivity contribution in [3.63, 3.8) is 0 Å². The molecule has 0 saturated carbocycles. The summed E-state index contributed by atoms with van der Waals surface area (Å²) in [6.45, 7) is 1.31. The van der Waals surface area contributed by atoms with E-state index < -0.39 is 11.6 Å². The maximum atomic E-state index is 12.0. The monoisotopic (exact) mass is 310 g/mol. The van der Waals surface area contributed by atoms with Crippen molar-refractivity contribution in [3.05, 3.63) is 59.9 Å². The van der Waals surface area contributed by atoms with Gasteiger partial charge in [0.1, 0.15) is 12.4 Å². The average molecular weight is 310 g/mol. The first-order valence-electron chi connectivity index (χ1n) is 6.79. The number of benzene rings is 1. The number of carbonyl (C=O) groups is 2. The second-order valence-electron chi connectivity index (χ2n) is 4.99. The van der Waals surface area contributed by atoms with Crippen molar-refractivity contribution in [1.29, 1.82) is 5.26 Å². The molecule has 1 unspecified atom stereocenters. The Labute approximate surface area is 133 Å². The van der Waals surface area contributed by atoms with Gasteiger partial charge in [-0.2, -0.15) is 5.26 Å². The summed E-state index contributed by atoms with van der Waals surface area (Å²) in [5.74, 6) is -0.189. The number of hydrogen-bond donors (Lipinski definition) is 0. The molecule has 1 aromatic heterocycles. The normalized spacial score (nSPS) is 12.5. The van der Waals surface area contributed by atoms with E-state index in [0.717, 1.165) is 0 Å². The Kier molecular flexibility index (Phi) is 5.05. The number of ether oxygens (including phenoxy) is 2. The molecule has 6 nitrogen and oxygen atoms in total. The first kappa shape index (κ1) is 16.2. The highest BCUT2D eigenvalue weighted by atomic mass is 16.6. The van der Waals surface area contributed by atoms with E-state index in [1.54, 1.807) is 36.4 Å². The Morgan fingerprint density at radius 1 is 1.35 bits per heavy atom. The molecule has 0 saturated heterocycles. The topological polar surface area (TPSA) is 89.3 Å². The van der Waals surface area contributed by atoms with Gasteiger partial charge in [0, 0.05) is 12.4 Å². The highest BCUT2D eigenvalue weighted by Gasteiger charge is 2.30. The van der Waals surface area contributed by atoms with E-state index in [-0.39, 0.29) is 12.2 Å². The molecule has 2 rings (SSSR count). The van der Waals surface area contributed by atoms with Gasteiger partial charge in [-0.25, -0.2) is 4.79 Å². The van der Waals surface area contributed by atoms with Crippen LogP contribution in [0.4, 0.5) is 0 Å². The maximum absolute atomic E-state index is 12.0. The molecule has 0 fully saturated rings. The van der Waals surface area contributed by atoms with Gasteiger partial charge in [0.25, 0.3) is 0 Å². The van der Waals surface area contributed by atoms with E-state index in [1.807, 2.05) is 6.07 Å². The Hall–Kier alpha value is -3.20. The Morgan fingerprint density at radius 2 is 2.09 bits per heavy atom. The van der Waals surface area contributed by atoms with Crippen LogP contribution in [0.5, 0.6) is 5.75 Å². The van der Waals surface area contributed by atoms with Crippen molar-refractivity contribution in [2.24, 2.45) is 0 Å².